The third kappa shape index (κ3) is 7.04. The lowest BCUT2D eigenvalue weighted by Crippen LogP contribution is -2.32. The molecule has 34 heavy (non-hydrogen) atoms. The van der Waals surface area contributed by atoms with Gasteiger partial charge in [-0.3, -0.25) is 14.4 Å². The Bertz CT molecular complexity index is 1210. The third-order valence-electron chi connectivity index (χ3n) is 4.80. The molecule has 0 aliphatic carbocycles. The van der Waals surface area contributed by atoms with Crippen LogP contribution in [0.15, 0.2) is 68.8 Å². The minimum Gasteiger partial charge on any atom is -0.483 e. The largest absolute Gasteiger partial charge is 0.483 e. The van der Waals surface area contributed by atoms with Crippen molar-refractivity contribution in [1.82, 2.24) is 10.7 Å². The molecule has 0 saturated heterocycles. The fraction of sp³-hybridized carbons (Fsp3) is 0.167. The summed E-state index contributed by atoms with van der Waals surface area (Å²) in [6.45, 7) is 3.79. The summed E-state index contributed by atoms with van der Waals surface area (Å²) >= 11 is 3.36. The zero-order valence-electron chi connectivity index (χ0n) is 18.6. The molecular weight excluding hydrogens is 504 g/mol. The molecule has 0 radical (unpaired) electrons. The van der Waals surface area contributed by atoms with Crippen molar-refractivity contribution in [1.29, 1.82) is 0 Å². The molecular formula is C24H23BrN4O5. The van der Waals surface area contributed by atoms with E-state index in [1.54, 1.807) is 42.5 Å². The Morgan fingerprint density at radius 3 is 2.68 bits per heavy atom. The lowest BCUT2D eigenvalue weighted by Gasteiger charge is -2.10. The number of anilines is 1. The molecule has 0 fully saturated rings. The van der Waals surface area contributed by atoms with Gasteiger partial charge >= 0.3 is 11.8 Å². The Kier molecular flexibility index (Phi) is 8.58. The van der Waals surface area contributed by atoms with E-state index in [9.17, 15) is 14.4 Å². The summed E-state index contributed by atoms with van der Waals surface area (Å²) in [7, 11) is 0. The molecule has 0 saturated carbocycles. The number of nitrogens with zero attached hydrogens (tertiary/aromatic N) is 1. The molecule has 3 rings (SSSR count). The van der Waals surface area contributed by atoms with Gasteiger partial charge in [-0.1, -0.05) is 28.1 Å². The number of furan rings is 1. The van der Waals surface area contributed by atoms with E-state index in [-0.39, 0.29) is 19.1 Å². The normalized spacial score (nSPS) is 10.7. The van der Waals surface area contributed by atoms with Crippen LogP contribution in [0.4, 0.5) is 5.69 Å². The van der Waals surface area contributed by atoms with Crippen molar-refractivity contribution < 1.29 is 23.5 Å². The number of nitrogens with one attached hydrogen (secondary N) is 3. The molecule has 176 valence electrons. The number of carbonyl (C=O) groups is 3. The first-order valence-corrected chi connectivity index (χ1v) is 11.0. The van der Waals surface area contributed by atoms with Crippen LogP contribution in [-0.2, 0) is 20.9 Å². The Balaban J connectivity index is 1.55. The van der Waals surface area contributed by atoms with Gasteiger partial charge in [-0.25, -0.2) is 5.43 Å². The molecule has 0 aliphatic heterocycles. The Labute approximate surface area is 204 Å². The van der Waals surface area contributed by atoms with E-state index in [2.05, 4.69) is 37.1 Å². The number of ether oxygens (including phenoxy) is 1. The van der Waals surface area contributed by atoms with Gasteiger partial charge in [-0.15, -0.1) is 0 Å². The summed E-state index contributed by atoms with van der Waals surface area (Å²) in [5.74, 6) is -1.10. The maximum Gasteiger partial charge on any atom is 0.329 e. The van der Waals surface area contributed by atoms with Crippen LogP contribution < -0.4 is 20.8 Å². The smallest absolute Gasteiger partial charge is 0.329 e. The SMILES string of the molecule is Cc1cccc(NC(=O)C(=O)N/N=C\c2cc(Br)ccc2OCC(=O)NCc2ccco2)c1C. The number of aryl methyl sites for hydroxylation is 1. The highest BCUT2D eigenvalue weighted by atomic mass is 79.9. The summed E-state index contributed by atoms with van der Waals surface area (Å²) < 4.78 is 11.5. The molecule has 1 heterocycles. The first-order valence-electron chi connectivity index (χ1n) is 10.3. The minimum absolute atomic E-state index is 0.228. The zero-order valence-corrected chi connectivity index (χ0v) is 20.1. The first-order chi connectivity index (χ1) is 16.3. The van der Waals surface area contributed by atoms with Crippen LogP contribution in [0.3, 0.4) is 0 Å². The summed E-state index contributed by atoms with van der Waals surface area (Å²) in [5.41, 5.74) is 5.10. The van der Waals surface area contributed by atoms with Crippen LogP contribution in [0.2, 0.25) is 0 Å². The highest BCUT2D eigenvalue weighted by Crippen LogP contribution is 2.22. The Morgan fingerprint density at radius 2 is 1.91 bits per heavy atom. The van der Waals surface area contributed by atoms with E-state index in [4.69, 9.17) is 9.15 Å². The number of hydrogen-bond acceptors (Lipinski definition) is 6. The number of hydrogen-bond donors (Lipinski definition) is 3. The number of halogens is 1. The molecule has 2 aromatic carbocycles. The standard InChI is InChI=1S/C24H23BrN4O5/c1-15-5-3-7-20(16(15)2)28-23(31)24(32)29-27-12-17-11-18(25)8-9-21(17)34-14-22(30)26-13-19-6-4-10-33-19/h3-12H,13-14H2,1-2H3,(H,26,30)(H,28,31)(H,29,32)/b27-12-. The zero-order chi connectivity index (χ0) is 24.5. The number of hydrazone groups is 1. The van der Waals surface area contributed by atoms with Crippen molar-refractivity contribution >= 4 is 45.6 Å². The van der Waals surface area contributed by atoms with E-state index < -0.39 is 11.8 Å². The topological polar surface area (TPSA) is 122 Å². The molecule has 3 aromatic rings. The molecule has 0 unspecified atom stereocenters. The lowest BCUT2D eigenvalue weighted by atomic mass is 10.1. The van der Waals surface area contributed by atoms with E-state index in [0.29, 0.717) is 22.8 Å². The van der Waals surface area contributed by atoms with Crippen LogP contribution in [0.25, 0.3) is 0 Å². The average Bonchev–Trinajstić information content (AvgIpc) is 3.34. The van der Waals surface area contributed by atoms with Crippen LogP contribution in [0.5, 0.6) is 5.75 Å². The quantitative estimate of drug-likeness (QED) is 0.235. The van der Waals surface area contributed by atoms with Crippen molar-refractivity contribution in [2.75, 3.05) is 11.9 Å². The third-order valence-corrected chi connectivity index (χ3v) is 5.29. The van der Waals surface area contributed by atoms with Crippen molar-refractivity contribution in [2.45, 2.75) is 20.4 Å². The summed E-state index contributed by atoms with van der Waals surface area (Å²) in [4.78, 5) is 36.4. The second-order valence-electron chi connectivity index (χ2n) is 7.23. The number of amides is 3. The second-order valence-corrected chi connectivity index (χ2v) is 8.14. The highest BCUT2D eigenvalue weighted by molar-refractivity contribution is 9.10. The summed E-state index contributed by atoms with van der Waals surface area (Å²) in [6.07, 6.45) is 2.85. The van der Waals surface area contributed by atoms with E-state index >= 15 is 0 Å². The molecule has 10 heteroatoms. The van der Waals surface area contributed by atoms with Gasteiger partial charge < -0.3 is 19.8 Å². The second kappa shape index (κ2) is 11.8. The van der Waals surface area contributed by atoms with Gasteiger partial charge in [-0.05, 0) is 61.4 Å². The van der Waals surface area contributed by atoms with Crippen LogP contribution in [-0.4, -0.2) is 30.5 Å². The molecule has 3 amide bonds. The Hall–Kier alpha value is -3.92. The molecule has 0 bridgehead atoms. The highest BCUT2D eigenvalue weighted by Gasteiger charge is 2.14. The van der Waals surface area contributed by atoms with Crippen molar-refractivity contribution in [3.63, 3.8) is 0 Å². The molecule has 0 spiro atoms. The predicted molar refractivity (Wildman–Crippen MR) is 130 cm³/mol. The van der Waals surface area contributed by atoms with Crippen molar-refractivity contribution in [2.24, 2.45) is 5.10 Å². The van der Waals surface area contributed by atoms with Crippen molar-refractivity contribution in [3.05, 3.63) is 81.7 Å². The maximum atomic E-state index is 12.2. The van der Waals surface area contributed by atoms with Gasteiger partial charge in [0.05, 0.1) is 19.0 Å². The monoisotopic (exact) mass is 526 g/mol. The molecule has 1 aromatic heterocycles. The molecule has 3 N–H and O–H groups in total. The van der Waals surface area contributed by atoms with E-state index in [0.717, 1.165) is 15.6 Å². The van der Waals surface area contributed by atoms with Crippen LogP contribution in [0, 0.1) is 13.8 Å². The fourth-order valence-corrected chi connectivity index (χ4v) is 3.20. The van der Waals surface area contributed by atoms with Crippen LogP contribution >= 0.6 is 15.9 Å². The maximum absolute atomic E-state index is 12.2. The molecule has 0 aliphatic rings. The lowest BCUT2D eigenvalue weighted by molar-refractivity contribution is -0.136. The van der Waals surface area contributed by atoms with Gasteiger partial charge in [0.2, 0.25) is 0 Å². The first kappa shape index (κ1) is 24.7. The number of carbonyl (C=O) groups excluding carboxylic acids is 3. The predicted octanol–water partition coefficient (Wildman–Crippen LogP) is 3.44. The van der Waals surface area contributed by atoms with E-state index in [1.807, 2.05) is 19.9 Å². The van der Waals surface area contributed by atoms with Gasteiger partial charge in [0.15, 0.2) is 6.61 Å². The number of rotatable bonds is 8. The molecule has 9 nitrogen and oxygen atoms in total. The van der Waals surface area contributed by atoms with Gasteiger partial charge in [0.1, 0.15) is 11.5 Å². The fourth-order valence-electron chi connectivity index (χ4n) is 2.82. The summed E-state index contributed by atoms with van der Waals surface area (Å²) in [5, 5.41) is 9.09. The average molecular weight is 527 g/mol. The van der Waals surface area contributed by atoms with Crippen molar-refractivity contribution in [3.8, 4) is 5.75 Å². The minimum atomic E-state index is -0.924. The number of benzene rings is 2. The molecule has 0 atom stereocenters. The Morgan fingerprint density at radius 1 is 1.09 bits per heavy atom. The van der Waals surface area contributed by atoms with Crippen LogP contribution in [0.1, 0.15) is 22.5 Å². The summed E-state index contributed by atoms with van der Waals surface area (Å²) in [6, 6.07) is 14.0. The van der Waals surface area contributed by atoms with Gasteiger partial charge in [-0.2, -0.15) is 5.10 Å². The van der Waals surface area contributed by atoms with E-state index in [1.165, 1.54) is 12.5 Å². The van der Waals surface area contributed by atoms with Gasteiger partial charge in [0, 0.05) is 15.7 Å². The van der Waals surface area contributed by atoms with Gasteiger partial charge in [0.25, 0.3) is 5.91 Å².